The molecule has 1 aromatic heterocycles. The van der Waals surface area contributed by atoms with Crippen LogP contribution in [-0.4, -0.2) is 30.6 Å². The highest BCUT2D eigenvalue weighted by molar-refractivity contribution is 7.10. The topological polar surface area (TPSA) is 77.2 Å². The largest absolute Gasteiger partial charge is 0.381 e. The molecular formula is C18H23N3O2S. The molecule has 1 aromatic carbocycles. The number of hydrogen-bond donors (Lipinski definition) is 2. The Hall–Kier alpha value is -1.76. The van der Waals surface area contributed by atoms with E-state index in [9.17, 15) is 4.79 Å². The van der Waals surface area contributed by atoms with E-state index in [1.165, 1.54) is 0 Å². The molecule has 3 rings (SSSR count). The number of carbonyl (C=O) groups excluding carboxylic acids is 1. The van der Waals surface area contributed by atoms with E-state index in [1.807, 2.05) is 42.6 Å². The highest BCUT2D eigenvalue weighted by atomic mass is 32.1. The van der Waals surface area contributed by atoms with Gasteiger partial charge in [0.05, 0.1) is 17.2 Å². The number of hydrogen-bond acceptors (Lipinski definition) is 5. The number of nitrogens with one attached hydrogen (secondary N) is 1. The van der Waals surface area contributed by atoms with E-state index in [1.54, 1.807) is 11.3 Å². The number of nitrogens with two attached hydrogens (primary N) is 1. The molecule has 0 spiro atoms. The van der Waals surface area contributed by atoms with Crippen LogP contribution in [0.3, 0.4) is 0 Å². The monoisotopic (exact) mass is 345 g/mol. The minimum Gasteiger partial charge on any atom is -0.381 e. The molecule has 2 aromatic rings. The molecule has 1 aliphatic heterocycles. The zero-order valence-corrected chi connectivity index (χ0v) is 14.6. The van der Waals surface area contributed by atoms with Crippen LogP contribution in [0.4, 0.5) is 0 Å². The maximum absolute atomic E-state index is 12.7. The Morgan fingerprint density at radius 1 is 1.38 bits per heavy atom. The van der Waals surface area contributed by atoms with E-state index in [0.29, 0.717) is 32.6 Å². The maximum Gasteiger partial charge on any atom is 0.228 e. The standard InChI is InChI=1S/C18H23N3O2S/c1-13(20-17(22)18(12-19)7-9-23-10-8-18)16-21-15(11-24-16)14-5-3-2-4-6-14/h2-6,11,13H,7-10,12,19H2,1H3,(H,20,22). The lowest BCUT2D eigenvalue weighted by molar-refractivity contribution is -0.136. The number of carbonyl (C=O) groups is 1. The smallest absolute Gasteiger partial charge is 0.228 e. The summed E-state index contributed by atoms with van der Waals surface area (Å²) < 4.78 is 5.37. The molecule has 2 heterocycles. The molecule has 1 unspecified atom stereocenters. The van der Waals surface area contributed by atoms with Gasteiger partial charge in [0, 0.05) is 30.7 Å². The van der Waals surface area contributed by atoms with Crippen molar-refractivity contribution in [3.05, 3.63) is 40.7 Å². The van der Waals surface area contributed by atoms with Crippen molar-refractivity contribution in [2.45, 2.75) is 25.8 Å². The fourth-order valence-corrected chi connectivity index (χ4v) is 3.76. The third-order valence-corrected chi connectivity index (χ3v) is 5.66. The van der Waals surface area contributed by atoms with Gasteiger partial charge < -0.3 is 15.8 Å². The predicted molar refractivity (Wildman–Crippen MR) is 95.6 cm³/mol. The van der Waals surface area contributed by atoms with Crippen molar-refractivity contribution in [1.82, 2.24) is 10.3 Å². The summed E-state index contributed by atoms with van der Waals surface area (Å²) >= 11 is 1.57. The molecular weight excluding hydrogens is 322 g/mol. The Morgan fingerprint density at radius 3 is 2.75 bits per heavy atom. The molecule has 5 nitrogen and oxygen atoms in total. The summed E-state index contributed by atoms with van der Waals surface area (Å²) in [5.41, 5.74) is 7.42. The molecule has 1 aliphatic rings. The Balaban J connectivity index is 1.70. The summed E-state index contributed by atoms with van der Waals surface area (Å²) in [5, 5.41) is 6.03. The fourth-order valence-electron chi connectivity index (χ4n) is 2.93. The van der Waals surface area contributed by atoms with E-state index in [-0.39, 0.29) is 11.9 Å². The van der Waals surface area contributed by atoms with E-state index in [4.69, 9.17) is 10.5 Å². The van der Waals surface area contributed by atoms with Gasteiger partial charge in [-0.15, -0.1) is 11.3 Å². The van der Waals surface area contributed by atoms with Gasteiger partial charge in [0.2, 0.25) is 5.91 Å². The lowest BCUT2D eigenvalue weighted by Crippen LogP contribution is -2.49. The van der Waals surface area contributed by atoms with Crippen LogP contribution in [0.1, 0.15) is 30.8 Å². The summed E-state index contributed by atoms with van der Waals surface area (Å²) in [4.78, 5) is 17.4. The minimum atomic E-state index is -0.508. The van der Waals surface area contributed by atoms with E-state index in [0.717, 1.165) is 16.3 Å². The van der Waals surface area contributed by atoms with Crippen molar-refractivity contribution >= 4 is 17.2 Å². The van der Waals surface area contributed by atoms with Gasteiger partial charge in [0.15, 0.2) is 0 Å². The Bertz CT molecular complexity index is 681. The van der Waals surface area contributed by atoms with Crippen LogP contribution in [0.25, 0.3) is 11.3 Å². The molecule has 1 amide bonds. The van der Waals surface area contributed by atoms with Gasteiger partial charge in [-0.25, -0.2) is 4.98 Å². The number of rotatable bonds is 5. The second-order valence-corrected chi connectivity index (χ2v) is 7.12. The number of ether oxygens (including phenoxy) is 1. The molecule has 128 valence electrons. The minimum absolute atomic E-state index is 0.0114. The first kappa shape index (κ1) is 17.1. The van der Waals surface area contributed by atoms with E-state index in [2.05, 4.69) is 10.3 Å². The van der Waals surface area contributed by atoms with Crippen LogP contribution < -0.4 is 11.1 Å². The third-order valence-electron chi connectivity index (χ3n) is 4.63. The molecule has 0 aliphatic carbocycles. The van der Waals surface area contributed by atoms with Crippen LogP contribution in [0.2, 0.25) is 0 Å². The van der Waals surface area contributed by atoms with Gasteiger partial charge in [-0.1, -0.05) is 30.3 Å². The highest BCUT2D eigenvalue weighted by Crippen LogP contribution is 2.31. The Labute approximate surface area is 146 Å². The molecule has 0 radical (unpaired) electrons. The van der Waals surface area contributed by atoms with Crippen molar-refractivity contribution in [3.63, 3.8) is 0 Å². The number of nitrogens with zero attached hydrogens (tertiary/aromatic N) is 1. The van der Waals surface area contributed by atoms with Crippen LogP contribution in [-0.2, 0) is 9.53 Å². The number of thiazole rings is 1. The molecule has 1 saturated heterocycles. The van der Waals surface area contributed by atoms with E-state index >= 15 is 0 Å². The predicted octanol–water partition coefficient (Wildman–Crippen LogP) is 2.74. The van der Waals surface area contributed by atoms with Crippen molar-refractivity contribution in [2.75, 3.05) is 19.8 Å². The molecule has 1 fully saturated rings. The van der Waals surface area contributed by atoms with Crippen molar-refractivity contribution in [2.24, 2.45) is 11.1 Å². The molecule has 6 heteroatoms. The summed E-state index contributed by atoms with van der Waals surface area (Å²) in [6, 6.07) is 9.91. The quantitative estimate of drug-likeness (QED) is 0.873. The molecule has 0 saturated carbocycles. The Morgan fingerprint density at radius 2 is 2.08 bits per heavy atom. The second-order valence-electron chi connectivity index (χ2n) is 6.23. The zero-order valence-electron chi connectivity index (χ0n) is 13.8. The van der Waals surface area contributed by atoms with Crippen LogP contribution in [0, 0.1) is 5.41 Å². The number of benzene rings is 1. The third kappa shape index (κ3) is 3.50. The Kier molecular flexibility index (Phi) is 5.28. The van der Waals surface area contributed by atoms with Crippen LogP contribution in [0.15, 0.2) is 35.7 Å². The average Bonchev–Trinajstić information content (AvgIpc) is 3.13. The van der Waals surface area contributed by atoms with Gasteiger partial charge in [-0.05, 0) is 19.8 Å². The number of aromatic nitrogens is 1. The van der Waals surface area contributed by atoms with Crippen molar-refractivity contribution in [3.8, 4) is 11.3 Å². The first-order valence-electron chi connectivity index (χ1n) is 8.24. The first-order chi connectivity index (χ1) is 11.6. The summed E-state index contributed by atoms with van der Waals surface area (Å²) in [6.45, 7) is 3.50. The molecule has 3 N–H and O–H groups in total. The fraction of sp³-hybridized carbons (Fsp3) is 0.444. The SMILES string of the molecule is CC(NC(=O)C1(CN)CCOCC1)c1nc(-c2ccccc2)cs1. The molecule has 0 bridgehead atoms. The van der Waals surface area contributed by atoms with E-state index < -0.39 is 5.41 Å². The number of amides is 1. The molecule has 1 atom stereocenters. The second kappa shape index (κ2) is 7.42. The van der Waals surface area contributed by atoms with Gasteiger partial charge in [-0.2, -0.15) is 0 Å². The van der Waals surface area contributed by atoms with Gasteiger partial charge >= 0.3 is 0 Å². The van der Waals surface area contributed by atoms with Crippen LogP contribution in [0.5, 0.6) is 0 Å². The lowest BCUT2D eigenvalue weighted by atomic mass is 9.79. The van der Waals surface area contributed by atoms with Gasteiger partial charge in [-0.3, -0.25) is 4.79 Å². The molecule has 24 heavy (non-hydrogen) atoms. The normalized spacial score (nSPS) is 18.1. The van der Waals surface area contributed by atoms with Crippen LogP contribution >= 0.6 is 11.3 Å². The lowest BCUT2D eigenvalue weighted by Gasteiger charge is -2.35. The summed E-state index contributed by atoms with van der Waals surface area (Å²) in [7, 11) is 0. The summed E-state index contributed by atoms with van der Waals surface area (Å²) in [6.07, 6.45) is 1.35. The van der Waals surface area contributed by atoms with Gasteiger partial charge in [0.1, 0.15) is 5.01 Å². The summed E-state index contributed by atoms with van der Waals surface area (Å²) in [5.74, 6) is 0.0114. The van der Waals surface area contributed by atoms with Crippen molar-refractivity contribution < 1.29 is 9.53 Å². The van der Waals surface area contributed by atoms with Gasteiger partial charge in [0.25, 0.3) is 0 Å². The average molecular weight is 345 g/mol. The maximum atomic E-state index is 12.7. The first-order valence-corrected chi connectivity index (χ1v) is 9.12. The highest BCUT2D eigenvalue weighted by Gasteiger charge is 2.39. The zero-order chi connectivity index (χ0) is 17.0. The van der Waals surface area contributed by atoms with Crippen molar-refractivity contribution in [1.29, 1.82) is 0 Å².